The van der Waals surface area contributed by atoms with Gasteiger partial charge in [-0.25, -0.2) is 10.4 Å². The van der Waals surface area contributed by atoms with Crippen molar-refractivity contribution in [2.75, 3.05) is 0 Å². The molecule has 6 heteroatoms. The topological polar surface area (TPSA) is 72.2 Å². The van der Waals surface area contributed by atoms with Crippen LogP contribution in [0.4, 0.5) is 0 Å². The molecular formula is C16H13N5O. The van der Waals surface area contributed by atoms with Gasteiger partial charge in [-0.2, -0.15) is 5.10 Å². The molecule has 0 aliphatic carbocycles. The van der Waals surface area contributed by atoms with Gasteiger partial charge in [0.15, 0.2) is 0 Å². The molecule has 0 unspecified atom stereocenters. The van der Waals surface area contributed by atoms with Crippen LogP contribution in [0.1, 0.15) is 16.1 Å². The third kappa shape index (κ3) is 3.24. The first kappa shape index (κ1) is 13.7. The van der Waals surface area contributed by atoms with E-state index >= 15 is 0 Å². The van der Waals surface area contributed by atoms with Crippen molar-refractivity contribution >= 4 is 12.1 Å². The molecular weight excluding hydrogens is 278 g/mol. The van der Waals surface area contributed by atoms with Crippen LogP contribution in [0.5, 0.6) is 0 Å². The molecule has 0 radical (unpaired) electrons. The molecule has 0 saturated heterocycles. The quantitative estimate of drug-likeness (QED) is 0.590. The summed E-state index contributed by atoms with van der Waals surface area (Å²) >= 11 is 0. The zero-order chi connectivity index (χ0) is 15.2. The molecule has 0 aliphatic rings. The van der Waals surface area contributed by atoms with Crippen LogP contribution in [0.25, 0.3) is 5.69 Å². The number of hydrazone groups is 1. The van der Waals surface area contributed by atoms with Crippen LogP contribution in [0.3, 0.4) is 0 Å². The van der Waals surface area contributed by atoms with E-state index in [0.717, 1.165) is 11.3 Å². The molecule has 2 heterocycles. The molecule has 0 saturated carbocycles. The van der Waals surface area contributed by atoms with Crippen LogP contribution < -0.4 is 5.43 Å². The standard InChI is InChI=1S/C16H13N5O/c22-16(15-3-1-2-8-18-15)20-19-11-13-4-6-14(7-5-13)21-10-9-17-12-21/h1-12H,(H,20,22)/b19-11+. The van der Waals surface area contributed by atoms with Gasteiger partial charge in [-0.1, -0.05) is 18.2 Å². The molecule has 6 nitrogen and oxygen atoms in total. The first-order chi connectivity index (χ1) is 10.8. The van der Waals surface area contributed by atoms with Crippen molar-refractivity contribution in [3.8, 4) is 5.69 Å². The summed E-state index contributed by atoms with van der Waals surface area (Å²) < 4.78 is 1.91. The van der Waals surface area contributed by atoms with E-state index < -0.39 is 0 Å². The number of aromatic nitrogens is 3. The van der Waals surface area contributed by atoms with Crippen molar-refractivity contribution in [1.29, 1.82) is 0 Å². The first-order valence-corrected chi connectivity index (χ1v) is 6.66. The summed E-state index contributed by atoms with van der Waals surface area (Å²) in [5.74, 6) is -0.341. The maximum absolute atomic E-state index is 11.7. The largest absolute Gasteiger partial charge is 0.306 e. The highest BCUT2D eigenvalue weighted by Gasteiger charge is 2.03. The van der Waals surface area contributed by atoms with Gasteiger partial charge in [0.2, 0.25) is 0 Å². The SMILES string of the molecule is O=C(N/N=C/c1ccc(-n2ccnc2)cc1)c1ccccn1. The molecule has 1 N–H and O–H groups in total. The number of nitrogens with zero attached hydrogens (tertiary/aromatic N) is 4. The minimum Gasteiger partial charge on any atom is -0.306 e. The lowest BCUT2D eigenvalue weighted by Gasteiger charge is -2.02. The number of rotatable bonds is 4. The highest BCUT2D eigenvalue weighted by Crippen LogP contribution is 2.07. The Labute approximate surface area is 127 Å². The number of carbonyl (C=O) groups is 1. The summed E-state index contributed by atoms with van der Waals surface area (Å²) in [7, 11) is 0. The Morgan fingerprint density at radius 3 is 2.68 bits per heavy atom. The van der Waals surface area contributed by atoms with Gasteiger partial charge in [-0.3, -0.25) is 9.78 Å². The molecule has 1 aromatic carbocycles. The van der Waals surface area contributed by atoms with Gasteiger partial charge in [0.05, 0.1) is 12.5 Å². The minimum absolute atomic E-state index is 0.329. The highest BCUT2D eigenvalue weighted by atomic mass is 16.2. The van der Waals surface area contributed by atoms with Crippen molar-refractivity contribution in [2.24, 2.45) is 5.10 Å². The van der Waals surface area contributed by atoms with Gasteiger partial charge in [0, 0.05) is 24.3 Å². The van der Waals surface area contributed by atoms with E-state index in [9.17, 15) is 4.79 Å². The van der Waals surface area contributed by atoms with Gasteiger partial charge in [0.1, 0.15) is 5.69 Å². The smallest absolute Gasteiger partial charge is 0.289 e. The zero-order valence-electron chi connectivity index (χ0n) is 11.6. The highest BCUT2D eigenvalue weighted by molar-refractivity contribution is 5.93. The van der Waals surface area contributed by atoms with Crippen LogP contribution in [0.15, 0.2) is 72.5 Å². The zero-order valence-corrected chi connectivity index (χ0v) is 11.6. The summed E-state index contributed by atoms with van der Waals surface area (Å²) in [5.41, 5.74) is 4.66. The Hall–Kier alpha value is -3.28. The van der Waals surface area contributed by atoms with Gasteiger partial charge in [-0.05, 0) is 29.8 Å². The normalized spacial score (nSPS) is 10.7. The van der Waals surface area contributed by atoms with E-state index in [4.69, 9.17) is 0 Å². The second kappa shape index (κ2) is 6.45. The summed E-state index contributed by atoms with van der Waals surface area (Å²) in [4.78, 5) is 19.7. The van der Waals surface area contributed by atoms with Gasteiger partial charge >= 0.3 is 0 Å². The van der Waals surface area contributed by atoms with Crippen molar-refractivity contribution < 1.29 is 4.79 Å². The molecule has 3 rings (SSSR count). The second-order valence-electron chi connectivity index (χ2n) is 4.48. The number of hydrogen-bond acceptors (Lipinski definition) is 4. The molecule has 3 aromatic rings. The Morgan fingerprint density at radius 2 is 2.00 bits per heavy atom. The van der Waals surface area contributed by atoms with Crippen molar-refractivity contribution in [3.63, 3.8) is 0 Å². The monoisotopic (exact) mass is 291 g/mol. The molecule has 0 aliphatic heterocycles. The molecule has 2 aromatic heterocycles. The number of imidazole rings is 1. The summed E-state index contributed by atoms with van der Waals surface area (Å²) in [6, 6.07) is 12.8. The van der Waals surface area contributed by atoms with E-state index in [0.29, 0.717) is 5.69 Å². The van der Waals surface area contributed by atoms with E-state index in [1.165, 1.54) is 0 Å². The summed E-state index contributed by atoms with van der Waals surface area (Å²) in [5, 5.41) is 3.93. The number of hydrogen-bond donors (Lipinski definition) is 1. The Morgan fingerprint density at radius 1 is 1.14 bits per heavy atom. The second-order valence-corrected chi connectivity index (χ2v) is 4.48. The average Bonchev–Trinajstić information content (AvgIpc) is 3.11. The van der Waals surface area contributed by atoms with Crippen molar-refractivity contribution in [3.05, 3.63) is 78.6 Å². The molecule has 1 amide bonds. The fraction of sp³-hybridized carbons (Fsp3) is 0. The Balaban J connectivity index is 1.62. The van der Waals surface area contributed by atoms with Gasteiger partial charge in [-0.15, -0.1) is 0 Å². The van der Waals surface area contributed by atoms with Crippen LogP contribution >= 0.6 is 0 Å². The lowest BCUT2D eigenvalue weighted by atomic mass is 10.2. The number of carbonyl (C=O) groups excluding carboxylic acids is 1. The van der Waals surface area contributed by atoms with Crippen LogP contribution in [0, 0.1) is 0 Å². The Bertz CT molecular complexity index is 764. The fourth-order valence-corrected chi connectivity index (χ4v) is 1.86. The van der Waals surface area contributed by atoms with E-state index in [2.05, 4.69) is 20.5 Å². The number of pyridine rings is 1. The average molecular weight is 291 g/mol. The lowest BCUT2D eigenvalue weighted by Crippen LogP contribution is -2.18. The van der Waals surface area contributed by atoms with Gasteiger partial charge in [0.25, 0.3) is 5.91 Å². The maximum atomic E-state index is 11.7. The molecule has 0 bridgehead atoms. The van der Waals surface area contributed by atoms with E-state index in [1.54, 1.807) is 43.1 Å². The first-order valence-electron chi connectivity index (χ1n) is 6.66. The van der Waals surface area contributed by atoms with Crippen molar-refractivity contribution in [2.45, 2.75) is 0 Å². The van der Waals surface area contributed by atoms with Crippen molar-refractivity contribution in [1.82, 2.24) is 20.0 Å². The predicted molar refractivity (Wildman–Crippen MR) is 82.9 cm³/mol. The Kier molecular flexibility index (Phi) is 4.01. The van der Waals surface area contributed by atoms with E-state index in [-0.39, 0.29) is 5.91 Å². The third-order valence-corrected chi connectivity index (χ3v) is 2.97. The number of nitrogens with one attached hydrogen (secondary N) is 1. The summed E-state index contributed by atoms with van der Waals surface area (Å²) in [6.07, 6.45) is 8.47. The fourth-order valence-electron chi connectivity index (χ4n) is 1.86. The lowest BCUT2D eigenvalue weighted by molar-refractivity contribution is 0.0950. The number of amides is 1. The molecule has 22 heavy (non-hydrogen) atoms. The van der Waals surface area contributed by atoms with Crippen LogP contribution in [-0.2, 0) is 0 Å². The molecule has 108 valence electrons. The van der Waals surface area contributed by atoms with Crippen LogP contribution in [-0.4, -0.2) is 26.7 Å². The number of benzene rings is 1. The summed E-state index contributed by atoms with van der Waals surface area (Å²) in [6.45, 7) is 0. The molecule has 0 fully saturated rings. The molecule has 0 spiro atoms. The third-order valence-electron chi connectivity index (χ3n) is 2.97. The van der Waals surface area contributed by atoms with E-state index in [1.807, 2.05) is 35.0 Å². The molecule has 0 atom stereocenters. The maximum Gasteiger partial charge on any atom is 0.289 e. The minimum atomic E-state index is -0.341. The van der Waals surface area contributed by atoms with Crippen LogP contribution in [0.2, 0.25) is 0 Å². The predicted octanol–water partition coefficient (Wildman–Crippen LogP) is 2.03. The van der Waals surface area contributed by atoms with Gasteiger partial charge < -0.3 is 4.57 Å².